The summed E-state index contributed by atoms with van der Waals surface area (Å²) in [5, 5.41) is -0.355. The molecule has 3 fully saturated rings. The molecule has 2 nitrogen and oxygen atoms in total. The zero-order valence-corrected chi connectivity index (χ0v) is 17.8. The Kier molecular flexibility index (Phi) is 4.81. The average Bonchev–Trinajstić information content (AvgIpc) is 3.41. The van der Waals surface area contributed by atoms with Crippen LogP contribution in [0.5, 0.6) is 0 Å². The Morgan fingerprint density at radius 1 is 0.935 bits per heavy atom. The Hall–Kier alpha value is -2.14. The van der Waals surface area contributed by atoms with Gasteiger partial charge in [-0.15, -0.1) is 0 Å². The number of hydrogen-bond donors (Lipinski definition) is 0. The fourth-order valence-electron chi connectivity index (χ4n) is 6.23. The smallest absolute Gasteiger partial charge is 0.298 e. The van der Waals surface area contributed by atoms with E-state index in [1.807, 2.05) is 13.0 Å². The average molecular weight is 447 g/mol. The molecule has 2 aromatic rings. The molecule has 0 heterocycles. The molecule has 31 heavy (non-hydrogen) atoms. The Bertz CT molecular complexity index is 1060. The molecule has 5 atom stereocenters. The van der Waals surface area contributed by atoms with Gasteiger partial charge in [-0.3, -0.25) is 9.59 Å². The molecule has 0 N–H and O–H groups in total. The van der Waals surface area contributed by atoms with Gasteiger partial charge in [0.1, 0.15) is 5.92 Å². The number of rotatable bonds is 3. The Balaban J connectivity index is 1.58. The molecule has 1 unspecified atom stereocenters. The van der Waals surface area contributed by atoms with Crippen LogP contribution in [-0.2, 0) is 22.2 Å². The molecule has 3 aliphatic carbocycles. The number of carbonyl (C=O) groups is 2. The molecule has 0 spiro atoms. The highest BCUT2D eigenvalue weighted by Crippen LogP contribution is 2.59. The summed E-state index contributed by atoms with van der Waals surface area (Å²) < 4.78 is 40.0. The molecule has 3 saturated carbocycles. The number of alkyl halides is 3. The first-order valence-electron chi connectivity index (χ1n) is 10.8. The maximum Gasteiger partial charge on any atom is 0.417 e. The van der Waals surface area contributed by atoms with E-state index in [9.17, 15) is 22.8 Å². The van der Waals surface area contributed by atoms with Crippen LogP contribution in [0.4, 0.5) is 13.2 Å². The van der Waals surface area contributed by atoms with Gasteiger partial charge in [0.25, 0.3) is 0 Å². The topological polar surface area (TPSA) is 34.1 Å². The quantitative estimate of drug-likeness (QED) is 0.505. The van der Waals surface area contributed by atoms with Gasteiger partial charge in [0.2, 0.25) is 0 Å². The van der Waals surface area contributed by atoms with Gasteiger partial charge in [-0.2, -0.15) is 13.2 Å². The minimum absolute atomic E-state index is 0.0149. The van der Waals surface area contributed by atoms with Crippen molar-refractivity contribution in [3.05, 3.63) is 58.1 Å². The van der Waals surface area contributed by atoms with Crippen molar-refractivity contribution in [2.75, 3.05) is 0 Å². The standard InChI is InChI=1S/C25H22ClF3O2/c1-2-12-3-4-13(14-7-8-19(26)18(11-14)25(27,28)29)10-17(12)22-23(30)20-15-5-6-16(9-15)21(20)24(22)31/h3-4,7-8,10-11,15-16,20-22H,2,5-6,9H2,1H3/t15-,16+,20-,21+,22?. The summed E-state index contributed by atoms with van der Waals surface area (Å²) in [7, 11) is 0. The van der Waals surface area contributed by atoms with Crippen LogP contribution in [0.3, 0.4) is 0 Å². The number of halogens is 4. The van der Waals surface area contributed by atoms with E-state index in [1.54, 1.807) is 12.1 Å². The molecule has 2 aromatic carbocycles. The second-order valence-electron chi connectivity index (χ2n) is 9.08. The summed E-state index contributed by atoms with van der Waals surface area (Å²) in [6.45, 7) is 1.96. The van der Waals surface area contributed by atoms with Gasteiger partial charge in [-0.1, -0.05) is 36.7 Å². The van der Waals surface area contributed by atoms with Crippen molar-refractivity contribution in [3.8, 4) is 11.1 Å². The fourth-order valence-corrected chi connectivity index (χ4v) is 6.45. The summed E-state index contributed by atoms with van der Waals surface area (Å²) in [5.41, 5.74) is 1.57. The van der Waals surface area contributed by atoms with Gasteiger partial charge in [-0.05, 0) is 78.0 Å². The number of ketones is 2. The van der Waals surface area contributed by atoms with Gasteiger partial charge < -0.3 is 0 Å². The maximum absolute atomic E-state index is 13.3. The van der Waals surface area contributed by atoms with Crippen molar-refractivity contribution in [3.63, 3.8) is 0 Å². The summed E-state index contributed by atoms with van der Waals surface area (Å²) in [5.74, 6) is -0.468. The lowest BCUT2D eigenvalue weighted by molar-refractivity contribution is -0.137. The number of carbonyl (C=O) groups excluding carboxylic acids is 2. The minimum atomic E-state index is -4.56. The molecule has 6 heteroatoms. The van der Waals surface area contributed by atoms with Crippen LogP contribution < -0.4 is 0 Å². The summed E-state index contributed by atoms with van der Waals surface area (Å²) in [6, 6.07) is 9.12. The molecule has 2 bridgehead atoms. The molecule has 0 amide bonds. The predicted octanol–water partition coefficient (Wildman–Crippen LogP) is 6.49. The van der Waals surface area contributed by atoms with Crippen LogP contribution in [-0.4, -0.2) is 11.6 Å². The van der Waals surface area contributed by atoms with E-state index in [4.69, 9.17) is 11.6 Å². The lowest BCUT2D eigenvalue weighted by atomic mass is 9.81. The van der Waals surface area contributed by atoms with Crippen LogP contribution >= 0.6 is 11.6 Å². The zero-order chi connectivity index (χ0) is 22.1. The van der Waals surface area contributed by atoms with Crippen molar-refractivity contribution in [1.29, 1.82) is 0 Å². The monoisotopic (exact) mass is 446 g/mol. The summed E-state index contributed by atoms with van der Waals surface area (Å²) >= 11 is 5.77. The highest BCUT2D eigenvalue weighted by atomic mass is 35.5. The van der Waals surface area contributed by atoms with Crippen LogP contribution in [0, 0.1) is 23.7 Å². The van der Waals surface area contributed by atoms with Crippen LogP contribution in [0.1, 0.15) is 48.8 Å². The van der Waals surface area contributed by atoms with Crippen molar-refractivity contribution < 1.29 is 22.8 Å². The number of hydrogen-bond acceptors (Lipinski definition) is 2. The fraction of sp³-hybridized carbons (Fsp3) is 0.440. The molecular formula is C25H22ClF3O2. The van der Waals surface area contributed by atoms with Gasteiger partial charge in [0, 0.05) is 11.8 Å². The highest BCUT2D eigenvalue weighted by Gasteiger charge is 2.61. The van der Waals surface area contributed by atoms with Crippen LogP contribution in [0.2, 0.25) is 5.02 Å². The molecular weight excluding hydrogens is 425 g/mol. The Morgan fingerprint density at radius 2 is 1.52 bits per heavy atom. The molecule has 0 aromatic heterocycles. The van der Waals surface area contributed by atoms with Gasteiger partial charge in [0.05, 0.1) is 10.6 Å². The minimum Gasteiger partial charge on any atom is -0.298 e. The molecule has 0 radical (unpaired) electrons. The second-order valence-corrected chi connectivity index (χ2v) is 9.49. The van der Waals surface area contributed by atoms with Crippen molar-refractivity contribution >= 4 is 23.2 Å². The first-order valence-corrected chi connectivity index (χ1v) is 11.2. The normalized spacial score (nSPS) is 29.6. The largest absolute Gasteiger partial charge is 0.417 e. The number of Topliss-reactive ketones (excluding diaryl/α,β-unsaturated/α-hetero) is 2. The van der Waals surface area contributed by atoms with Crippen molar-refractivity contribution in [2.24, 2.45) is 23.7 Å². The van der Waals surface area contributed by atoms with E-state index >= 15 is 0 Å². The Labute approximate surface area is 183 Å². The third-order valence-electron chi connectivity index (χ3n) is 7.59. The second kappa shape index (κ2) is 7.19. The van der Waals surface area contributed by atoms with Crippen molar-refractivity contribution in [2.45, 2.75) is 44.7 Å². The summed E-state index contributed by atoms with van der Waals surface area (Å²) in [4.78, 5) is 26.7. The molecule has 5 rings (SSSR count). The van der Waals surface area contributed by atoms with Gasteiger partial charge >= 0.3 is 6.18 Å². The van der Waals surface area contributed by atoms with E-state index in [0.717, 1.165) is 30.9 Å². The van der Waals surface area contributed by atoms with Crippen LogP contribution in [0.25, 0.3) is 11.1 Å². The third-order valence-corrected chi connectivity index (χ3v) is 7.91. The van der Waals surface area contributed by atoms with E-state index < -0.39 is 17.7 Å². The SMILES string of the molecule is CCc1ccc(-c2ccc(Cl)c(C(F)(F)F)c2)cc1C1C(=O)[C@@H]2[C@@H]3CC[C@@H](C3)[C@@H]2C1=O. The van der Waals surface area contributed by atoms with Gasteiger partial charge in [-0.25, -0.2) is 0 Å². The molecule has 162 valence electrons. The summed E-state index contributed by atoms with van der Waals surface area (Å²) in [6.07, 6.45) is -0.908. The first-order chi connectivity index (χ1) is 14.7. The van der Waals surface area contributed by atoms with Gasteiger partial charge in [0.15, 0.2) is 11.6 Å². The lowest BCUT2D eigenvalue weighted by Crippen LogP contribution is -2.24. The molecule has 0 aliphatic heterocycles. The lowest BCUT2D eigenvalue weighted by Gasteiger charge is -2.21. The first kappa shape index (κ1) is 20.7. The number of benzene rings is 2. The third kappa shape index (κ3) is 3.15. The zero-order valence-electron chi connectivity index (χ0n) is 17.0. The number of aryl methyl sites for hydroxylation is 1. The van der Waals surface area contributed by atoms with Crippen molar-refractivity contribution in [1.82, 2.24) is 0 Å². The van der Waals surface area contributed by atoms with Crippen LogP contribution in [0.15, 0.2) is 36.4 Å². The van der Waals surface area contributed by atoms with E-state index in [2.05, 4.69) is 0 Å². The maximum atomic E-state index is 13.3. The van der Waals surface area contributed by atoms with E-state index in [-0.39, 0.29) is 28.4 Å². The Morgan fingerprint density at radius 3 is 2.10 bits per heavy atom. The van der Waals surface area contributed by atoms with E-state index in [1.165, 1.54) is 12.1 Å². The molecule has 3 aliphatic rings. The van der Waals surface area contributed by atoms with E-state index in [0.29, 0.717) is 34.9 Å². The highest BCUT2D eigenvalue weighted by molar-refractivity contribution is 6.31. The molecule has 0 saturated heterocycles. The predicted molar refractivity (Wildman–Crippen MR) is 112 cm³/mol. The number of fused-ring (bicyclic) bond motifs is 5.